The standard InChI is InChI=1S/C59H65F2N9O7/c1-3-41-45(60)8-7-37-27-40(71)29-43(48(37)41)50-49(61)51-44(30-62-50)52(69-20-4-13-57(2,76)33-69)65-56(64-51)77-35-59(16-17-59)34-67-25-23-66(24-26-67)31-36-11-14-58(15-12-36)18-21-68(22-19-58)54(74)38-5-6-39-32-70(55(75)42(39)28-38)46-9-10-47(72)63-53(46)73/h1,5-8,27-30,36,46,71,76H,4,9-26,31-35H2,2H3,(H,63,72,73)/t46?,57-/m1/s1. The number of piperidine rings is 3. The summed E-state index contributed by atoms with van der Waals surface area (Å²) < 4.78 is 38.6. The first-order valence-corrected chi connectivity index (χ1v) is 27.5. The van der Waals surface area contributed by atoms with Gasteiger partial charge >= 0.3 is 6.01 Å². The van der Waals surface area contributed by atoms with Gasteiger partial charge in [0.05, 0.1) is 23.2 Å². The maximum atomic E-state index is 17.1. The number of aromatic hydroxyl groups is 1. The molecular weight excluding hydrogens is 985 g/mol. The van der Waals surface area contributed by atoms with E-state index < -0.39 is 29.2 Å². The highest BCUT2D eigenvalue weighted by atomic mass is 19.1. The van der Waals surface area contributed by atoms with Crippen LogP contribution in [0.3, 0.4) is 0 Å². The van der Waals surface area contributed by atoms with Gasteiger partial charge in [0.15, 0.2) is 5.82 Å². The smallest absolute Gasteiger partial charge is 0.319 e. The van der Waals surface area contributed by atoms with Gasteiger partial charge in [-0.2, -0.15) is 9.97 Å². The number of anilines is 1. The second-order valence-electron chi connectivity index (χ2n) is 23.6. The Balaban J connectivity index is 0.643. The molecule has 2 atom stereocenters. The first kappa shape index (κ1) is 51.0. The number of benzene rings is 3. The van der Waals surface area contributed by atoms with Gasteiger partial charge in [-0.15, -0.1) is 6.42 Å². The summed E-state index contributed by atoms with van der Waals surface area (Å²) in [5.74, 6) is 0.723. The monoisotopic (exact) mass is 1050 g/mol. The molecule has 77 heavy (non-hydrogen) atoms. The third-order valence-electron chi connectivity index (χ3n) is 18.1. The summed E-state index contributed by atoms with van der Waals surface area (Å²) in [5, 5.41) is 25.2. The van der Waals surface area contributed by atoms with Crippen LogP contribution in [0.2, 0.25) is 0 Å². The van der Waals surface area contributed by atoms with Gasteiger partial charge < -0.3 is 39.4 Å². The Morgan fingerprint density at radius 2 is 1.66 bits per heavy atom. The molecule has 18 heteroatoms. The zero-order valence-corrected chi connectivity index (χ0v) is 43.6. The topological polar surface area (TPSA) is 185 Å². The summed E-state index contributed by atoms with van der Waals surface area (Å²) in [6.07, 6.45) is 17.7. The lowest BCUT2D eigenvalue weighted by atomic mass is 9.65. The van der Waals surface area contributed by atoms with Crippen molar-refractivity contribution in [3.05, 3.63) is 82.5 Å². The normalized spacial score (nSPS) is 23.9. The van der Waals surface area contributed by atoms with Crippen molar-refractivity contribution in [2.75, 3.05) is 77.0 Å². The van der Waals surface area contributed by atoms with Crippen molar-refractivity contribution in [2.45, 2.75) is 102 Å². The number of hydrogen-bond acceptors (Lipinski definition) is 13. The molecule has 12 rings (SSSR count). The number of nitrogens with zero attached hydrogens (tertiary/aromatic N) is 8. The number of phenolic OH excluding ortho intramolecular Hbond substituents is 1. The van der Waals surface area contributed by atoms with Gasteiger partial charge in [0.1, 0.15) is 34.6 Å². The number of terminal acetylenes is 1. The lowest BCUT2D eigenvalue weighted by Gasteiger charge is -2.47. The highest BCUT2D eigenvalue weighted by Crippen LogP contribution is 2.49. The SMILES string of the molecule is C#Cc1c(F)ccc2cc(O)cc(-c3ncc4c(N5CCC[C@@](C)(O)C5)nc(OCC5(CN6CCN(CC7CCC8(CC7)CCN(C(=O)c7ccc9c(c7)C(=O)N(C7CCC(=O)NC7=O)C9)CC8)CC6)CC5)nc4c3F)c12. The van der Waals surface area contributed by atoms with Crippen molar-refractivity contribution in [2.24, 2.45) is 16.7 Å². The molecule has 0 bridgehead atoms. The van der Waals surface area contributed by atoms with Crippen LogP contribution in [0.1, 0.15) is 116 Å². The zero-order chi connectivity index (χ0) is 53.4. The molecule has 1 spiro atoms. The Kier molecular flexibility index (Phi) is 13.2. The summed E-state index contributed by atoms with van der Waals surface area (Å²) >= 11 is 0. The van der Waals surface area contributed by atoms with E-state index in [1.165, 1.54) is 61.0 Å². The third kappa shape index (κ3) is 9.95. The first-order chi connectivity index (χ1) is 37.1. The maximum Gasteiger partial charge on any atom is 0.319 e. The molecule has 16 nitrogen and oxygen atoms in total. The van der Waals surface area contributed by atoms with E-state index >= 15 is 8.78 Å². The molecule has 5 aliphatic heterocycles. The molecule has 3 N–H and O–H groups in total. The van der Waals surface area contributed by atoms with E-state index in [4.69, 9.17) is 16.1 Å². The van der Waals surface area contributed by atoms with Crippen LogP contribution in [0, 0.1) is 40.7 Å². The van der Waals surface area contributed by atoms with Crippen LogP contribution in [-0.2, 0) is 16.1 Å². The van der Waals surface area contributed by atoms with E-state index in [2.05, 4.69) is 31.0 Å². The maximum absolute atomic E-state index is 17.1. The number of phenols is 1. The van der Waals surface area contributed by atoms with Gasteiger partial charge in [-0.1, -0.05) is 18.1 Å². The van der Waals surface area contributed by atoms with E-state index in [0.29, 0.717) is 79.1 Å². The predicted octanol–water partition coefficient (Wildman–Crippen LogP) is 6.81. The van der Waals surface area contributed by atoms with E-state index in [0.717, 1.165) is 70.5 Å². The molecule has 1 unspecified atom stereocenters. The van der Waals surface area contributed by atoms with E-state index in [9.17, 15) is 29.4 Å². The zero-order valence-electron chi connectivity index (χ0n) is 43.6. The predicted molar refractivity (Wildman–Crippen MR) is 284 cm³/mol. The molecule has 3 aromatic carbocycles. The van der Waals surface area contributed by atoms with Gasteiger partial charge in [-0.05, 0) is 130 Å². The number of piperazine rings is 1. The molecule has 402 valence electrons. The molecule has 7 aliphatic rings. The minimum atomic E-state index is -0.990. The summed E-state index contributed by atoms with van der Waals surface area (Å²) in [6.45, 7) is 10.5. The lowest BCUT2D eigenvalue weighted by molar-refractivity contribution is -0.136. The van der Waals surface area contributed by atoms with E-state index in [1.807, 2.05) is 15.9 Å². The minimum Gasteiger partial charge on any atom is -0.508 e. The highest BCUT2D eigenvalue weighted by Gasteiger charge is 2.46. The van der Waals surface area contributed by atoms with Gasteiger partial charge in [-0.3, -0.25) is 29.5 Å². The number of β-amino-alcohol motifs (C(OH)–C–C–N with tert-alkyl or cyclic N) is 1. The fraction of sp³-hybridized carbons (Fsp3) is 0.508. The van der Waals surface area contributed by atoms with Crippen LogP contribution in [0.4, 0.5) is 14.6 Å². The number of imide groups is 1. The number of aromatic nitrogens is 3. The van der Waals surface area contributed by atoms with E-state index in [1.54, 1.807) is 19.1 Å². The van der Waals surface area contributed by atoms with Gasteiger partial charge in [-0.25, -0.2) is 8.78 Å². The highest BCUT2D eigenvalue weighted by molar-refractivity contribution is 6.07. The number of aliphatic hydroxyl groups is 1. The fourth-order valence-electron chi connectivity index (χ4n) is 13.4. The molecule has 4 amide bonds. The number of fused-ring (bicyclic) bond motifs is 3. The van der Waals surface area contributed by atoms with Crippen LogP contribution in [0.25, 0.3) is 32.9 Å². The number of amides is 4. The lowest BCUT2D eigenvalue weighted by Crippen LogP contribution is -2.52. The summed E-state index contributed by atoms with van der Waals surface area (Å²) in [7, 11) is 0. The van der Waals surface area contributed by atoms with Crippen molar-refractivity contribution in [3.63, 3.8) is 0 Å². The Labute approximate surface area is 446 Å². The number of rotatable bonds is 11. The average Bonchev–Trinajstić information content (AvgIpc) is 4.12. The Hall–Kier alpha value is -6.81. The molecule has 2 saturated carbocycles. The summed E-state index contributed by atoms with van der Waals surface area (Å²) in [5.41, 5.74) is 0.770. The second-order valence-corrected chi connectivity index (χ2v) is 23.6. The molecule has 5 aromatic rings. The van der Waals surface area contributed by atoms with Crippen LogP contribution in [0.5, 0.6) is 11.8 Å². The Bertz CT molecular complexity index is 3260. The van der Waals surface area contributed by atoms with Crippen molar-refractivity contribution in [3.8, 4) is 35.4 Å². The molecule has 2 aliphatic carbocycles. The van der Waals surface area contributed by atoms with E-state index in [-0.39, 0.29) is 87.5 Å². The van der Waals surface area contributed by atoms with Crippen LogP contribution in [-0.4, -0.2) is 152 Å². The number of likely N-dealkylation sites (tertiary alicyclic amines) is 1. The van der Waals surface area contributed by atoms with Crippen LogP contribution < -0.4 is 15.0 Å². The number of pyridine rings is 1. The van der Waals surface area contributed by atoms with Crippen molar-refractivity contribution >= 4 is 51.1 Å². The average molecular weight is 1050 g/mol. The van der Waals surface area contributed by atoms with Gasteiger partial charge in [0.2, 0.25) is 11.8 Å². The molecule has 0 radical (unpaired) electrons. The number of hydrogen-bond donors (Lipinski definition) is 3. The number of ether oxygens (including phenoxy) is 1. The molecule has 2 aromatic heterocycles. The summed E-state index contributed by atoms with van der Waals surface area (Å²) in [4.78, 5) is 76.0. The fourth-order valence-corrected chi connectivity index (χ4v) is 13.4. The largest absolute Gasteiger partial charge is 0.508 e. The number of carbonyl (C=O) groups excluding carboxylic acids is 4. The third-order valence-corrected chi connectivity index (χ3v) is 18.1. The van der Waals surface area contributed by atoms with Crippen molar-refractivity contribution in [1.29, 1.82) is 0 Å². The van der Waals surface area contributed by atoms with Gasteiger partial charge in [0.25, 0.3) is 11.8 Å². The molecule has 6 fully saturated rings. The van der Waals surface area contributed by atoms with Crippen molar-refractivity contribution in [1.82, 2.24) is 39.9 Å². The number of halogens is 2. The Morgan fingerprint density at radius 1 is 0.896 bits per heavy atom. The molecular formula is C59H65F2N9O7. The first-order valence-electron chi connectivity index (χ1n) is 27.5. The number of carbonyl (C=O) groups is 4. The second kappa shape index (κ2) is 19.9. The molecule has 7 heterocycles. The molecule has 4 saturated heterocycles. The van der Waals surface area contributed by atoms with Gasteiger partial charge in [0, 0.05) is 112 Å². The Morgan fingerprint density at radius 3 is 2.39 bits per heavy atom. The van der Waals surface area contributed by atoms with Crippen LogP contribution in [0.15, 0.2) is 48.7 Å². The minimum absolute atomic E-state index is 0.0192. The van der Waals surface area contributed by atoms with Crippen LogP contribution >= 0.6 is 0 Å². The number of nitrogens with one attached hydrogen (secondary N) is 1. The quantitative estimate of drug-likeness (QED) is 0.0927. The van der Waals surface area contributed by atoms with Crippen molar-refractivity contribution < 1.29 is 42.9 Å². The summed E-state index contributed by atoms with van der Waals surface area (Å²) in [6, 6.07) is 10.1.